The third kappa shape index (κ3) is 3.93. The van der Waals surface area contributed by atoms with Gasteiger partial charge in [0, 0.05) is 6.07 Å². The average molecular weight is 320 g/mol. The number of carbonyl (C=O) groups is 1. The zero-order valence-electron chi connectivity index (χ0n) is 13.1. The third-order valence-electron chi connectivity index (χ3n) is 3.26. The van der Waals surface area contributed by atoms with Gasteiger partial charge in [-0.05, 0) is 36.4 Å². The fourth-order valence-corrected chi connectivity index (χ4v) is 2.17. The van der Waals surface area contributed by atoms with Crippen molar-refractivity contribution in [2.24, 2.45) is 0 Å². The van der Waals surface area contributed by atoms with Crippen LogP contribution in [-0.2, 0) is 4.74 Å². The van der Waals surface area contributed by atoms with Crippen molar-refractivity contribution in [3.8, 4) is 23.0 Å². The van der Waals surface area contributed by atoms with Gasteiger partial charge in [0.25, 0.3) is 0 Å². The van der Waals surface area contributed by atoms with E-state index in [4.69, 9.17) is 14.2 Å². The second-order valence-electron chi connectivity index (χ2n) is 5.01. The maximum Gasteiger partial charge on any atom is 0.338 e. The topological polar surface area (TPSA) is 44.8 Å². The molecule has 0 aliphatic rings. The molecule has 0 saturated heterocycles. The zero-order chi connectivity index (χ0) is 16.8. The van der Waals surface area contributed by atoms with Crippen LogP contribution in [0.1, 0.15) is 10.4 Å². The van der Waals surface area contributed by atoms with Crippen LogP contribution in [0.3, 0.4) is 0 Å². The van der Waals surface area contributed by atoms with Gasteiger partial charge in [-0.2, -0.15) is 0 Å². The van der Waals surface area contributed by atoms with Gasteiger partial charge in [-0.1, -0.05) is 36.4 Å². The van der Waals surface area contributed by atoms with Gasteiger partial charge in [-0.25, -0.2) is 4.79 Å². The van der Waals surface area contributed by atoms with Crippen LogP contribution < -0.4 is 9.47 Å². The summed E-state index contributed by atoms with van der Waals surface area (Å²) in [6.07, 6.45) is 0. The van der Waals surface area contributed by atoms with Crippen molar-refractivity contribution in [1.82, 2.24) is 0 Å². The maximum atomic E-state index is 11.9. The zero-order valence-corrected chi connectivity index (χ0v) is 13.1. The highest BCUT2D eigenvalue weighted by molar-refractivity contribution is 5.90. The number of carbonyl (C=O) groups excluding carboxylic acids is 1. The van der Waals surface area contributed by atoms with Crippen LogP contribution in [0.2, 0.25) is 0 Å². The average Bonchev–Trinajstić information content (AvgIpc) is 2.62. The fourth-order valence-electron chi connectivity index (χ4n) is 2.17. The predicted octanol–water partition coefficient (Wildman–Crippen LogP) is 5.06. The van der Waals surface area contributed by atoms with Gasteiger partial charge in [0.1, 0.15) is 23.0 Å². The predicted molar refractivity (Wildman–Crippen MR) is 90.8 cm³/mol. The van der Waals surface area contributed by atoms with Crippen molar-refractivity contribution in [3.63, 3.8) is 0 Å². The Labute approximate surface area is 140 Å². The molecular formula is C20H16O4. The molecule has 0 spiro atoms. The van der Waals surface area contributed by atoms with E-state index in [-0.39, 0.29) is 0 Å². The van der Waals surface area contributed by atoms with Crippen LogP contribution >= 0.6 is 0 Å². The lowest BCUT2D eigenvalue weighted by atomic mass is 10.2. The smallest absolute Gasteiger partial charge is 0.338 e. The number of hydrogen-bond acceptors (Lipinski definition) is 4. The largest absolute Gasteiger partial charge is 0.465 e. The van der Waals surface area contributed by atoms with E-state index < -0.39 is 5.97 Å². The number of para-hydroxylation sites is 2. The van der Waals surface area contributed by atoms with Crippen LogP contribution in [0, 0.1) is 0 Å². The summed E-state index contributed by atoms with van der Waals surface area (Å²) in [5.41, 5.74) is 0.358. The summed E-state index contributed by atoms with van der Waals surface area (Å²) in [5, 5.41) is 0. The van der Waals surface area contributed by atoms with Crippen LogP contribution in [0.4, 0.5) is 0 Å². The SMILES string of the molecule is COC(=O)c1cc(Oc2ccccc2)cc(Oc2ccccc2)c1. The van der Waals surface area contributed by atoms with Crippen LogP contribution in [0.25, 0.3) is 0 Å². The first-order valence-electron chi connectivity index (χ1n) is 7.44. The molecule has 24 heavy (non-hydrogen) atoms. The van der Waals surface area contributed by atoms with E-state index in [0.717, 1.165) is 0 Å². The normalized spacial score (nSPS) is 10.0. The van der Waals surface area contributed by atoms with Crippen molar-refractivity contribution in [2.75, 3.05) is 7.11 Å². The number of rotatable bonds is 5. The Hall–Kier alpha value is -3.27. The molecule has 0 unspecified atom stereocenters. The minimum atomic E-state index is -0.452. The molecule has 0 bridgehead atoms. The van der Waals surface area contributed by atoms with Gasteiger partial charge in [0.2, 0.25) is 0 Å². The van der Waals surface area contributed by atoms with Gasteiger partial charge in [0.05, 0.1) is 12.7 Å². The van der Waals surface area contributed by atoms with E-state index in [2.05, 4.69) is 0 Å². The minimum absolute atomic E-state index is 0.358. The summed E-state index contributed by atoms with van der Waals surface area (Å²) < 4.78 is 16.4. The number of hydrogen-bond donors (Lipinski definition) is 0. The molecule has 0 radical (unpaired) electrons. The van der Waals surface area contributed by atoms with Gasteiger partial charge < -0.3 is 14.2 Å². The number of esters is 1. The molecule has 120 valence electrons. The Morgan fingerprint density at radius 1 is 0.667 bits per heavy atom. The van der Waals surface area contributed by atoms with Crippen molar-refractivity contribution in [1.29, 1.82) is 0 Å². The molecule has 0 amide bonds. The molecule has 4 heteroatoms. The molecule has 0 aromatic heterocycles. The van der Waals surface area contributed by atoms with Crippen LogP contribution in [0.15, 0.2) is 78.9 Å². The van der Waals surface area contributed by atoms with Gasteiger partial charge in [-0.15, -0.1) is 0 Å². The second kappa shape index (κ2) is 7.33. The van der Waals surface area contributed by atoms with E-state index in [1.807, 2.05) is 60.7 Å². The van der Waals surface area contributed by atoms with E-state index in [9.17, 15) is 4.79 Å². The summed E-state index contributed by atoms with van der Waals surface area (Å²) in [6.45, 7) is 0. The Kier molecular flexibility index (Phi) is 4.77. The highest BCUT2D eigenvalue weighted by atomic mass is 16.5. The van der Waals surface area contributed by atoms with Gasteiger partial charge in [0.15, 0.2) is 0 Å². The molecule has 4 nitrogen and oxygen atoms in total. The van der Waals surface area contributed by atoms with Crippen molar-refractivity contribution in [2.45, 2.75) is 0 Å². The lowest BCUT2D eigenvalue weighted by molar-refractivity contribution is 0.0600. The fraction of sp³-hybridized carbons (Fsp3) is 0.0500. The summed E-state index contributed by atoms with van der Waals surface area (Å²) in [6, 6.07) is 23.6. The summed E-state index contributed by atoms with van der Waals surface area (Å²) in [5.74, 6) is 1.88. The van der Waals surface area contributed by atoms with Crippen molar-refractivity contribution >= 4 is 5.97 Å². The first-order chi connectivity index (χ1) is 11.7. The van der Waals surface area contributed by atoms with Crippen molar-refractivity contribution in [3.05, 3.63) is 84.4 Å². The monoisotopic (exact) mass is 320 g/mol. The van der Waals surface area contributed by atoms with E-state index in [1.165, 1.54) is 7.11 Å². The van der Waals surface area contributed by atoms with Gasteiger partial charge in [-0.3, -0.25) is 0 Å². The Morgan fingerprint density at radius 3 is 1.54 bits per heavy atom. The Bertz CT molecular complexity index is 754. The molecule has 0 N–H and O–H groups in total. The molecule has 0 saturated carbocycles. The first kappa shape index (κ1) is 15.6. The highest BCUT2D eigenvalue weighted by Crippen LogP contribution is 2.30. The maximum absolute atomic E-state index is 11.9. The molecule has 3 aromatic carbocycles. The summed E-state index contributed by atoms with van der Waals surface area (Å²) in [7, 11) is 1.34. The molecule has 0 fully saturated rings. The standard InChI is InChI=1S/C20H16O4/c1-22-20(21)15-12-18(23-16-8-4-2-5-9-16)14-19(13-15)24-17-10-6-3-7-11-17/h2-14H,1H3. The molecule has 0 heterocycles. The van der Waals surface area contributed by atoms with Crippen molar-refractivity contribution < 1.29 is 19.0 Å². The second-order valence-corrected chi connectivity index (χ2v) is 5.01. The number of ether oxygens (including phenoxy) is 3. The van der Waals surface area contributed by atoms with E-state index in [1.54, 1.807) is 18.2 Å². The first-order valence-corrected chi connectivity index (χ1v) is 7.44. The highest BCUT2D eigenvalue weighted by Gasteiger charge is 2.11. The molecule has 0 aliphatic heterocycles. The molecule has 0 aliphatic carbocycles. The number of benzene rings is 3. The lowest BCUT2D eigenvalue weighted by Crippen LogP contribution is -2.02. The van der Waals surface area contributed by atoms with Crippen LogP contribution in [0.5, 0.6) is 23.0 Å². The number of methoxy groups -OCH3 is 1. The Balaban J connectivity index is 1.92. The molecular weight excluding hydrogens is 304 g/mol. The third-order valence-corrected chi connectivity index (χ3v) is 3.26. The summed E-state index contributed by atoms with van der Waals surface area (Å²) in [4.78, 5) is 11.9. The lowest BCUT2D eigenvalue weighted by Gasteiger charge is -2.11. The minimum Gasteiger partial charge on any atom is -0.465 e. The van der Waals surface area contributed by atoms with Gasteiger partial charge >= 0.3 is 5.97 Å². The summed E-state index contributed by atoms with van der Waals surface area (Å²) >= 11 is 0. The van der Waals surface area contributed by atoms with E-state index >= 15 is 0 Å². The molecule has 3 aromatic rings. The molecule has 0 atom stereocenters. The van der Waals surface area contributed by atoms with Crippen LogP contribution in [-0.4, -0.2) is 13.1 Å². The molecule has 3 rings (SSSR count). The quantitative estimate of drug-likeness (QED) is 0.617. The Morgan fingerprint density at radius 2 is 1.12 bits per heavy atom. The van der Waals surface area contributed by atoms with E-state index in [0.29, 0.717) is 28.6 Å².